The van der Waals surface area contributed by atoms with Gasteiger partial charge in [0.15, 0.2) is 0 Å². The lowest BCUT2D eigenvalue weighted by Gasteiger charge is -2.41. The minimum Gasteiger partial charge on any atom is -0.396 e. The molecule has 0 unspecified atom stereocenters. The summed E-state index contributed by atoms with van der Waals surface area (Å²) in [5.41, 5.74) is 0. The Labute approximate surface area is 82.6 Å². The van der Waals surface area contributed by atoms with Crippen molar-refractivity contribution < 1.29 is 20.4 Å². The standard InChI is InChI=1S/C9H17NO4/c11-4-5-1-2-10-3-6(12)8(13)9(14)7(5)10/h5-9,11-14H,1-4H2/t5-,6+,7-,8-,9-/m1/s1. The van der Waals surface area contributed by atoms with Gasteiger partial charge in [-0.25, -0.2) is 0 Å². The van der Waals surface area contributed by atoms with Crippen molar-refractivity contribution in [2.24, 2.45) is 5.92 Å². The van der Waals surface area contributed by atoms with E-state index in [1.165, 1.54) is 0 Å². The molecule has 0 amide bonds. The largest absolute Gasteiger partial charge is 0.396 e. The van der Waals surface area contributed by atoms with E-state index in [-0.39, 0.29) is 18.6 Å². The van der Waals surface area contributed by atoms with Crippen LogP contribution in [0.25, 0.3) is 0 Å². The number of nitrogens with zero attached hydrogens (tertiary/aromatic N) is 1. The van der Waals surface area contributed by atoms with Gasteiger partial charge in [-0.1, -0.05) is 0 Å². The lowest BCUT2D eigenvalue weighted by atomic mass is 9.88. The van der Waals surface area contributed by atoms with Crippen LogP contribution in [-0.2, 0) is 0 Å². The second-order valence-corrected chi connectivity index (χ2v) is 4.27. The highest BCUT2D eigenvalue weighted by Gasteiger charge is 2.47. The zero-order valence-corrected chi connectivity index (χ0v) is 7.95. The number of hydrogen-bond acceptors (Lipinski definition) is 5. The molecule has 2 rings (SSSR count). The maximum Gasteiger partial charge on any atom is 0.108 e. The SMILES string of the molecule is OC[C@H]1CCN2C[C@H](O)[C@@H](O)[C@H](O)[C@@H]12. The van der Waals surface area contributed by atoms with Crippen molar-refractivity contribution >= 4 is 0 Å². The fraction of sp³-hybridized carbons (Fsp3) is 1.00. The molecule has 5 atom stereocenters. The van der Waals surface area contributed by atoms with Gasteiger partial charge in [0, 0.05) is 25.1 Å². The monoisotopic (exact) mass is 203 g/mol. The van der Waals surface area contributed by atoms with Crippen LogP contribution in [0.3, 0.4) is 0 Å². The molecule has 82 valence electrons. The Kier molecular flexibility index (Phi) is 2.77. The lowest BCUT2D eigenvalue weighted by molar-refractivity contribution is -0.135. The summed E-state index contributed by atoms with van der Waals surface area (Å²) in [7, 11) is 0. The third kappa shape index (κ3) is 1.45. The number of aliphatic hydroxyl groups excluding tert-OH is 4. The molecule has 0 radical (unpaired) electrons. The van der Waals surface area contributed by atoms with E-state index in [0.29, 0.717) is 6.54 Å². The molecule has 0 aromatic carbocycles. The first-order valence-electron chi connectivity index (χ1n) is 5.04. The first-order valence-corrected chi connectivity index (χ1v) is 5.04. The Morgan fingerprint density at radius 3 is 2.50 bits per heavy atom. The average Bonchev–Trinajstić information content (AvgIpc) is 2.57. The van der Waals surface area contributed by atoms with E-state index in [1.807, 2.05) is 4.90 Å². The van der Waals surface area contributed by atoms with Gasteiger partial charge in [-0.05, 0) is 13.0 Å². The molecule has 0 bridgehead atoms. The summed E-state index contributed by atoms with van der Waals surface area (Å²) < 4.78 is 0. The van der Waals surface area contributed by atoms with Crippen LogP contribution in [0.5, 0.6) is 0 Å². The highest BCUT2D eigenvalue weighted by atomic mass is 16.4. The van der Waals surface area contributed by atoms with Gasteiger partial charge in [0.2, 0.25) is 0 Å². The van der Waals surface area contributed by atoms with Crippen LogP contribution in [0.2, 0.25) is 0 Å². The highest BCUT2D eigenvalue weighted by Crippen LogP contribution is 2.31. The molecule has 5 nitrogen and oxygen atoms in total. The minimum atomic E-state index is -1.08. The van der Waals surface area contributed by atoms with Crippen LogP contribution in [0.15, 0.2) is 0 Å². The van der Waals surface area contributed by atoms with Crippen molar-refractivity contribution in [3.63, 3.8) is 0 Å². The fourth-order valence-corrected chi connectivity index (χ4v) is 2.63. The normalized spacial score (nSPS) is 49.3. The maximum atomic E-state index is 9.76. The van der Waals surface area contributed by atoms with Crippen LogP contribution in [0.4, 0.5) is 0 Å². The zero-order valence-electron chi connectivity index (χ0n) is 7.95. The maximum absolute atomic E-state index is 9.76. The summed E-state index contributed by atoms with van der Waals surface area (Å²) in [4.78, 5) is 1.95. The predicted octanol–water partition coefficient (Wildman–Crippen LogP) is -2.23. The van der Waals surface area contributed by atoms with Crippen molar-refractivity contribution in [2.75, 3.05) is 19.7 Å². The fourth-order valence-electron chi connectivity index (χ4n) is 2.63. The molecular formula is C9H17NO4. The van der Waals surface area contributed by atoms with Gasteiger partial charge in [0.05, 0.1) is 12.2 Å². The van der Waals surface area contributed by atoms with E-state index in [9.17, 15) is 15.3 Å². The lowest BCUT2D eigenvalue weighted by Crippen LogP contribution is -2.60. The first kappa shape index (κ1) is 10.3. The molecule has 5 heteroatoms. The number of aliphatic hydroxyl groups is 4. The molecule has 2 aliphatic rings. The molecule has 14 heavy (non-hydrogen) atoms. The summed E-state index contributed by atoms with van der Waals surface area (Å²) in [6.45, 7) is 1.19. The number of fused-ring (bicyclic) bond motifs is 1. The molecule has 2 fully saturated rings. The average molecular weight is 203 g/mol. The van der Waals surface area contributed by atoms with Gasteiger partial charge < -0.3 is 20.4 Å². The molecule has 0 aliphatic carbocycles. The zero-order chi connectivity index (χ0) is 10.3. The molecule has 0 aromatic rings. The summed E-state index contributed by atoms with van der Waals surface area (Å²) in [6.07, 6.45) is -2.09. The number of piperidine rings is 1. The van der Waals surface area contributed by atoms with E-state index in [1.54, 1.807) is 0 Å². The Hall–Kier alpha value is -0.200. The Balaban J connectivity index is 2.13. The summed E-state index contributed by atoms with van der Waals surface area (Å²) in [5, 5.41) is 37.8. The predicted molar refractivity (Wildman–Crippen MR) is 48.6 cm³/mol. The molecule has 2 saturated heterocycles. The highest BCUT2D eigenvalue weighted by molar-refractivity contribution is 5.00. The van der Waals surface area contributed by atoms with Gasteiger partial charge in [-0.15, -0.1) is 0 Å². The van der Waals surface area contributed by atoms with Gasteiger partial charge in [-0.2, -0.15) is 0 Å². The number of rotatable bonds is 1. The van der Waals surface area contributed by atoms with E-state index < -0.39 is 18.3 Å². The van der Waals surface area contributed by atoms with Crippen molar-refractivity contribution in [2.45, 2.75) is 30.8 Å². The van der Waals surface area contributed by atoms with Crippen LogP contribution in [0.1, 0.15) is 6.42 Å². The minimum absolute atomic E-state index is 0.0205. The Morgan fingerprint density at radius 1 is 1.14 bits per heavy atom. The topological polar surface area (TPSA) is 84.2 Å². The van der Waals surface area contributed by atoms with Crippen LogP contribution >= 0.6 is 0 Å². The first-order chi connectivity index (χ1) is 6.65. The van der Waals surface area contributed by atoms with E-state index in [0.717, 1.165) is 13.0 Å². The van der Waals surface area contributed by atoms with Crippen LogP contribution in [0, 0.1) is 5.92 Å². The molecule has 0 aromatic heterocycles. The molecule has 0 spiro atoms. The summed E-state index contributed by atoms with van der Waals surface area (Å²) in [6, 6.07) is -0.196. The molecule has 2 aliphatic heterocycles. The van der Waals surface area contributed by atoms with E-state index in [4.69, 9.17) is 5.11 Å². The van der Waals surface area contributed by atoms with Crippen molar-refractivity contribution in [1.29, 1.82) is 0 Å². The second-order valence-electron chi connectivity index (χ2n) is 4.27. The Bertz CT molecular complexity index is 213. The van der Waals surface area contributed by atoms with Crippen LogP contribution < -0.4 is 0 Å². The van der Waals surface area contributed by atoms with Crippen molar-refractivity contribution in [1.82, 2.24) is 4.90 Å². The van der Waals surface area contributed by atoms with Crippen molar-refractivity contribution in [3.8, 4) is 0 Å². The molecule has 4 N–H and O–H groups in total. The second kappa shape index (κ2) is 3.75. The van der Waals surface area contributed by atoms with Gasteiger partial charge in [0.25, 0.3) is 0 Å². The van der Waals surface area contributed by atoms with Gasteiger partial charge in [0.1, 0.15) is 6.10 Å². The van der Waals surface area contributed by atoms with E-state index >= 15 is 0 Å². The molecule has 0 saturated carbocycles. The smallest absolute Gasteiger partial charge is 0.108 e. The van der Waals surface area contributed by atoms with Crippen LogP contribution in [-0.4, -0.2) is 69.4 Å². The molecule has 2 heterocycles. The summed E-state index contributed by atoms with van der Waals surface area (Å²) in [5.74, 6) is 0.0205. The van der Waals surface area contributed by atoms with Gasteiger partial charge in [-0.3, -0.25) is 4.90 Å². The number of hydrogen-bond donors (Lipinski definition) is 4. The quantitative estimate of drug-likeness (QED) is 0.387. The third-order valence-corrected chi connectivity index (χ3v) is 3.44. The Morgan fingerprint density at radius 2 is 1.86 bits per heavy atom. The van der Waals surface area contributed by atoms with E-state index in [2.05, 4.69) is 0 Å². The third-order valence-electron chi connectivity index (χ3n) is 3.44. The molecular weight excluding hydrogens is 186 g/mol. The summed E-state index contributed by atoms with van der Waals surface area (Å²) >= 11 is 0. The van der Waals surface area contributed by atoms with Gasteiger partial charge >= 0.3 is 0 Å². The van der Waals surface area contributed by atoms with Crippen molar-refractivity contribution in [3.05, 3.63) is 0 Å².